The second kappa shape index (κ2) is 9.36. The Morgan fingerprint density at radius 1 is 1.04 bits per heavy atom. The molecule has 0 saturated carbocycles. The minimum absolute atomic E-state index is 0.0669. The number of amides is 2. The molecular weight excluding hydrogens is 350 g/mol. The lowest BCUT2D eigenvalue weighted by Crippen LogP contribution is -3.08. The minimum atomic E-state index is -0.278. The van der Waals surface area contributed by atoms with E-state index in [1.165, 1.54) is 11.1 Å². The molecule has 26 heavy (non-hydrogen) atoms. The van der Waals surface area contributed by atoms with Crippen molar-refractivity contribution >= 4 is 29.1 Å². The summed E-state index contributed by atoms with van der Waals surface area (Å²) in [5, 5.41) is 6.01. The van der Waals surface area contributed by atoms with Crippen molar-refractivity contribution in [3.05, 3.63) is 64.2 Å². The van der Waals surface area contributed by atoms with E-state index in [9.17, 15) is 9.59 Å². The number of halogens is 1. The molecular formula is C20H25ClN3O2+. The summed E-state index contributed by atoms with van der Waals surface area (Å²) in [6, 6.07) is 13.6. The van der Waals surface area contributed by atoms with Gasteiger partial charge in [0, 0.05) is 16.3 Å². The van der Waals surface area contributed by atoms with Crippen LogP contribution in [-0.4, -0.2) is 32.0 Å². The van der Waals surface area contributed by atoms with Crippen LogP contribution in [0.3, 0.4) is 0 Å². The van der Waals surface area contributed by atoms with E-state index in [1.54, 1.807) is 18.2 Å². The van der Waals surface area contributed by atoms with Gasteiger partial charge in [-0.1, -0.05) is 47.5 Å². The molecule has 2 aromatic carbocycles. The lowest BCUT2D eigenvalue weighted by atomic mass is 10.1. The highest BCUT2D eigenvalue weighted by Crippen LogP contribution is 2.22. The fourth-order valence-corrected chi connectivity index (χ4v) is 2.74. The third-order valence-electron chi connectivity index (χ3n) is 4.08. The molecule has 0 radical (unpaired) electrons. The highest BCUT2D eigenvalue weighted by Gasteiger charge is 2.12. The van der Waals surface area contributed by atoms with E-state index in [2.05, 4.69) is 34.9 Å². The van der Waals surface area contributed by atoms with Crippen molar-refractivity contribution in [3.63, 3.8) is 0 Å². The van der Waals surface area contributed by atoms with Crippen molar-refractivity contribution in [3.8, 4) is 0 Å². The molecule has 3 N–H and O–H groups in total. The number of aryl methyl sites for hydroxylation is 1. The maximum absolute atomic E-state index is 12.0. The van der Waals surface area contributed by atoms with Crippen molar-refractivity contribution in [2.45, 2.75) is 20.4 Å². The predicted octanol–water partition coefficient (Wildman–Crippen LogP) is 1.73. The lowest BCUT2D eigenvalue weighted by molar-refractivity contribution is -0.885. The fourth-order valence-electron chi connectivity index (χ4n) is 2.57. The van der Waals surface area contributed by atoms with Gasteiger partial charge in [0.25, 0.3) is 5.91 Å². The lowest BCUT2D eigenvalue weighted by Gasteiger charge is -2.14. The zero-order chi connectivity index (χ0) is 19.1. The summed E-state index contributed by atoms with van der Waals surface area (Å²) < 4.78 is 0. The zero-order valence-corrected chi connectivity index (χ0v) is 16.1. The smallest absolute Gasteiger partial charge is 0.275 e. The number of quaternary nitrogens is 1. The van der Waals surface area contributed by atoms with E-state index in [0.29, 0.717) is 17.3 Å². The van der Waals surface area contributed by atoms with Gasteiger partial charge in [0.05, 0.1) is 13.6 Å². The molecule has 0 aliphatic rings. The van der Waals surface area contributed by atoms with Gasteiger partial charge < -0.3 is 15.5 Å². The highest BCUT2D eigenvalue weighted by molar-refractivity contribution is 6.31. The van der Waals surface area contributed by atoms with Gasteiger partial charge in [-0.2, -0.15) is 0 Å². The molecule has 1 unspecified atom stereocenters. The number of carbonyl (C=O) groups excluding carboxylic acids is 2. The monoisotopic (exact) mass is 374 g/mol. The topological polar surface area (TPSA) is 62.6 Å². The molecule has 1 atom stereocenters. The maximum Gasteiger partial charge on any atom is 0.275 e. The van der Waals surface area contributed by atoms with Crippen molar-refractivity contribution in [2.24, 2.45) is 0 Å². The van der Waals surface area contributed by atoms with Gasteiger partial charge >= 0.3 is 0 Å². The Kier molecular flexibility index (Phi) is 7.18. The fraction of sp³-hybridized carbons (Fsp3) is 0.300. The Bertz CT molecular complexity index is 775. The van der Waals surface area contributed by atoms with E-state index in [0.717, 1.165) is 17.0 Å². The SMILES string of the molecule is Cc1ccc(C[NH+](C)CC(=O)NCC(=O)Nc2cccc(Cl)c2C)cc1. The molecule has 0 bridgehead atoms. The van der Waals surface area contributed by atoms with Gasteiger partial charge in [0.15, 0.2) is 6.54 Å². The van der Waals surface area contributed by atoms with Gasteiger partial charge in [-0.15, -0.1) is 0 Å². The van der Waals surface area contributed by atoms with Gasteiger partial charge in [0.2, 0.25) is 5.91 Å². The summed E-state index contributed by atoms with van der Waals surface area (Å²) >= 11 is 6.03. The van der Waals surface area contributed by atoms with Crippen LogP contribution >= 0.6 is 11.6 Å². The summed E-state index contributed by atoms with van der Waals surface area (Å²) in [5.41, 5.74) is 3.84. The summed E-state index contributed by atoms with van der Waals surface area (Å²) in [7, 11) is 1.95. The van der Waals surface area contributed by atoms with Crippen LogP contribution in [0.1, 0.15) is 16.7 Å². The third kappa shape index (κ3) is 6.17. The first-order chi connectivity index (χ1) is 12.3. The van der Waals surface area contributed by atoms with E-state index in [4.69, 9.17) is 11.6 Å². The largest absolute Gasteiger partial charge is 0.342 e. The van der Waals surface area contributed by atoms with Gasteiger partial charge in [-0.25, -0.2) is 0 Å². The number of rotatable bonds is 7. The van der Waals surface area contributed by atoms with E-state index < -0.39 is 0 Å². The molecule has 5 nitrogen and oxygen atoms in total. The second-order valence-corrected chi connectivity index (χ2v) is 6.94. The number of benzene rings is 2. The Hall–Kier alpha value is -2.37. The van der Waals surface area contributed by atoms with Crippen LogP contribution in [-0.2, 0) is 16.1 Å². The van der Waals surface area contributed by atoms with Crippen molar-refractivity contribution < 1.29 is 14.5 Å². The average Bonchev–Trinajstić information content (AvgIpc) is 2.59. The van der Waals surface area contributed by atoms with Crippen LogP contribution in [0.15, 0.2) is 42.5 Å². The normalized spacial score (nSPS) is 11.7. The average molecular weight is 375 g/mol. The number of likely N-dealkylation sites (N-methyl/N-ethyl adjacent to an activating group) is 1. The van der Waals surface area contributed by atoms with Gasteiger partial charge in [0.1, 0.15) is 6.54 Å². The number of hydrogen-bond acceptors (Lipinski definition) is 2. The minimum Gasteiger partial charge on any atom is -0.342 e. The Labute approximate surface area is 159 Å². The number of anilines is 1. The third-order valence-corrected chi connectivity index (χ3v) is 4.49. The first-order valence-electron chi connectivity index (χ1n) is 8.53. The molecule has 0 aliphatic heterocycles. The Morgan fingerprint density at radius 2 is 1.73 bits per heavy atom. The molecule has 6 heteroatoms. The molecule has 138 valence electrons. The van der Waals surface area contributed by atoms with Gasteiger partial charge in [-0.3, -0.25) is 9.59 Å². The van der Waals surface area contributed by atoms with E-state index in [1.807, 2.05) is 20.9 Å². The van der Waals surface area contributed by atoms with Crippen LogP contribution in [0.4, 0.5) is 5.69 Å². The van der Waals surface area contributed by atoms with Gasteiger partial charge in [-0.05, 0) is 31.5 Å². The quantitative estimate of drug-likeness (QED) is 0.691. The van der Waals surface area contributed by atoms with Crippen LogP contribution in [0.5, 0.6) is 0 Å². The summed E-state index contributed by atoms with van der Waals surface area (Å²) in [4.78, 5) is 25.1. The second-order valence-electron chi connectivity index (χ2n) is 6.53. The molecule has 2 rings (SSSR count). The molecule has 0 saturated heterocycles. The molecule has 0 fully saturated rings. The number of carbonyl (C=O) groups is 2. The van der Waals surface area contributed by atoms with Crippen molar-refractivity contribution in [2.75, 3.05) is 25.5 Å². The van der Waals surface area contributed by atoms with E-state index >= 15 is 0 Å². The molecule has 2 amide bonds. The first-order valence-corrected chi connectivity index (χ1v) is 8.91. The molecule has 0 aliphatic carbocycles. The van der Waals surface area contributed by atoms with Crippen LogP contribution < -0.4 is 15.5 Å². The van der Waals surface area contributed by atoms with Crippen LogP contribution in [0.25, 0.3) is 0 Å². The van der Waals surface area contributed by atoms with Crippen LogP contribution in [0, 0.1) is 13.8 Å². The standard InChI is InChI=1S/C20H24ClN3O2/c1-14-7-9-16(10-8-14)12-24(3)13-20(26)22-11-19(25)23-18-6-4-5-17(21)15(18)2/h4-10H,11-13H2,1-3H3,(H,22,26)(H,23,25)/p+1. The molecule has 0 spiro atoms. The summed E-state index contributed by atoms with van der Waals surface area (Å²) in [6.45, 7) is 4.87. The first kappa shape index (κ1) is 19.9. The van der Waals surface area contributed by atoms with Crippen LogP contribution in [0.2, 0.25) is 5.02 Å². The Balaban J connectivity index is 1.76. The summed E-state index contributed by atoms with van der Waals surface area (Å²) in [5.74, 6) is -0.438. The Morgan fingerprint density at radius 3 is 2.42 bits per heavy atom. The molecule has 0 aromatic heterocycles. The van der Waals surface area contributed by atoms with Crippen molar-refractivity contribution in [1.29, 1.82) is 0 Å². The maximum atomic E-state index is 12.0. The van der Waals surface area contributed by atoms with E-state index in [-0.39, 0.29) is 18.4 Å². The number of nitrogens with one attached hydrogen (secondary N) is 3. The van der Waals surface area contributed by atoms with Crippen molar-refractivity contribution in [1.82, 2.24) is 5.32 Å². The zero-order valence-electron chi connectivity index (χ0n) is 15.4. The highest BCUT2D eigenvalue weighted by atomic mass is 35.5. The summed E-state index contributed by atoms with van der Waals surface area (Å²) in [6.07, 6.45) is 0. The predicted molar refractivity (Wildman–Crippen MR) is 104 cm³/mol. The number of hydrogen-bond donors (Lipinski definition) is 3. The molecule has 0 heterocycles. The molecule has 2 aromatic rings.